The van der Waals surface area contributed by atoms with Crippen molar-refractivity contribution < 1.29 is 0 Å². The molecule has 0 saturated heterocycles. The van der Waals surface area contributed by atoms with E-state index in [9.17, 15) is 0 Å². The standard InChI is InChI=1S/C16H19N/c1-3-17-12-14-9-10-16(13(2)11-14)15-7-5-4-6-8-15/h4-11,17H,3,12H2,1-2H3. The van der Waals surface area contributed by atoms with Gasteiger partial charge in [-0.3, -0.25) is 0 Å². The minimum atomic E-state index is 0.951. The van der Waals surface area contributed by atoms with Gasteiger partial charge in [0.2, 0.25) is 0 Å². The van der Waals surface area contributed by atoms with Crippen LogP contribution in [0.15, 0.2) is 48.5 Å². The van der Waals surface area contributed by atoms with Crippen LogP contribution in [0.1, 0.15) is 18.1 Å². The summed E-state index contributed by atoms with van der Waals surface area (Å²) in [6.45, 7) is 6.27. The fourth-order valence-corrected chi connectivity index (χ4v) is 2.05. The molecular formula is C16H19N. The first-order chi connectivity index (χ1) is 8.31. The molecule has 17 heavy (non-hydrogen) atoms. The van der Waals surface area contributed by atoms with Crippen LogP contribution in [-0.4, -0.2) is 6.54 Å². The van der Waals surface area contributed by atoms with Crippen molar-refractivity contribution in [2.45, 2.75) is 20.4 Å². The molecule has 1 N–H and O–H groups in total. The minimum Gasteiger partial charge on any atom is -0.313 e. The Hall–Kier alpha value is -1.60. The third-order valence-corrected chi connectivity index (χ3v) is 2.95. The Kier molecular flexibility index (Phi) is 3.94. The first kappa shape index (κ1) is 11.9. The molecule has 0 aromatic heterocycles. The number of hydrogen-bond acceptors (Lipinski definition) is 1. The van der Waals surface area contributed by atoms with E-state index in [0.29, 0.717) is 0 Å². The Labute approximate surface area is 103 Å². The van der Waals surface area contributed by atoms with Gasteiger partial charge in [-0.15, -0.1) is 0 Å². The van der Waals surface area contributed by atoms with Crippen LogP contribution in [0, 0.1) is 6.92 Å². The van der Waals surface area contributed by atoms with Crippen molar-refractivity contribution in [2.75, 3.05) is 6.54 Å². The van der Waals surface area contributed by atoms with Gasteiger partial charge in [-0.1, -0.05) is 55.5 Å². The number of nitrogens with one attached hydrogen (secondary N) is 1. The number of aryl methyl sites for hydroxylation is 1. The lowest BCUT2D eigenvalue weighted by Crippen LogP contribution is -2.11. The van der Waals surface area contributed by atoms with Crippen LogP contribution in [0.2, 0.25) is 0 Å². The van der Waals surface area contributed by atoms with Crippen LogP contribution in [0.25, 0.3) is 11.1 Å². The van der Waals surface area contributed by atoms with E-state index in [0.717, 1.165) is 13.1 Å². The maximum Gasteiger partial charge on any atom is 0.0205 e. The summed E-state index contributed by atoms with van der Waals surface area (Å²) < 4.78 is 0. The van der Waals surface area contributed by atoms with Crippen molar-refractivity contribution in [1.29, 1.82) is 0 Å². The lowest BCUT2D eigenvalue weighted by Gasteiger charge is -2.09. The van der Waals surface area contributed by atoms with E-state index in [1.54, 1.807) is 0 Å². The van der Waals surface area contributed by atoms with Crippen molar-refractivity contribution in [3.63, 3.8) is 0 Å². The van der Waals surface area contributed by atoms with Crippen molar-refractivity contribution >= 4 is 0 Å². The summed E-state index contributed by atoms with van der Waals surface area (Å²) in [5.74, 6) is 0. The summed E-state index contributed by atoms with van der Waals surface area (Å²) in [5.41, 5.74) is 5.31. The third-order valence-electron chi connectivity index (χ3n) is 2.95. The van der Waals surface area contributed by atoms with Crippen molar-refractivity contribution in [2.24, 2.45) is 0 Å². The molecule has 0 aliphatic rings. The molecule has 0 aliphatic heterocycles. The maximum absolute atomic E-state index is 3.35. The molecule has 0 heterocycles. The van der Waals surface area contributed by atoms with Crippen molar-refractivity contribution in [3.8, 4) is 11.1 Å². The summed E-state index contributed by atoms with van der Waals surface area (Å²) in [6, 6.07) is 17.2. The van der Waals surface area contributed by atoms with E-state index in [-0.39, 0.29) is 0 Å². The van der Waals surface area contributed by atoms with E-state index < -0.39 is 0 Å². The number of rotatable bonds is 4. The van der Waals surface area contributed by atoms with Gasteiger partial charge in [-0.25, -0.2) is 0 Å². The SMILES string of the molecule is CCNCc1ccc(-c2ccccc2)c(C)c1. The molecule has 0 saturated carbocycles. The molecule has 0 amide bonds. The average Bonchev–Trinajstić information content (AvgIpc) is 2.37. The predicted molar refractivity (Wildman–Crippen MR) is 74.0 cm³/mol. The van der Waals surface area contributed by atoms with Crippen molar-refractivity contribution in [3.05, 3.63) is 59.7 Å². The van der Waals surface area contributed by atoms with Gasteiger partial charge in [0, 0.05) is 6.54 Å². The Balaban J connectivity index is 2.26. The number of hydrogen-bond donors (Lipinski definition) is 1. The van der Waals surface area contributed by atoms with Crippen LogP contribution >= 0.6 is 0 Å². The first-order valence-corrected chi connectivity index (χ1v) is 6.17. The van der Waals surface area contributed by atoms with E-state index in [4.69, 9.17) is 0 Å². The topological polar surface area (TPSA) is 12.0 Å². The molecule has 0 unspecified atom stereocenters. The lowest BCUT2D eigenvalue weighted by molar-refractivity contribution is 0.726. The normalized spacial score (nSPS) is 10.5. The molecule has 1 nitrogen and oxygen atoms in total. The summed E-state index contributed by atoms with van der Waals surface area (Å²) in [6.07, 6.45) is 0. The second-order valence-corrected chi connectivity index (χ2v) is 4.30. The van der Waals surface area contributed by atoms with Gasteiger partial charge in [0.15, 0.2) is 0 Å². The molecule has 2 aromatic rings. The molecule has 2 aromatic carbocycles. The molecule has 0 fully saturated rings. The van der Waals surface area contributed by atoms with Crippen LogP contribution in [0.4, 0.5) is 0 Å². The Morgan fingerprint density at radius 2 is 1.76 bits per heavy atom. The van der Waals surface area contributed by atoms with Gasteiger partial charge in [-0.2, -0.15) is 0 Å². The lowest BCUT2D eigenvalue weighted by atomic mass is 9.98. The summed E-state index contributed by atoms with van der Waals surface area (Å²) in [4.78, 5) is 0. The highest BCUT2D eigenvalue weighted by Crippen LogP contribution is 2.23. The van der Waals surface area contributed by atoms with Gasteiger partial charge in [0.1, 0.15) is 0 Å². The fourth-order valence-electron chi connectivity index (χ4n) is 2.05. The molecule has 88 valence electrons. The zero-order valence-electron chi connectivity index (χ0n) is 10.5. The molecule has 1 heteroatoms. The third kappa shape index (κ3) is 2.95. The largest absolute Gasteiger partial charge is 0.313 e. The van der Waals surface area contributed by atoms with Crippen LogP contribution < -0.4 is 5.32 Å². The van der Waals surface area contributed by atoms with Gasteiger partial charge in [-0.05, 0) is 35.7 Å². The Morgan fingerprint density at radius 3 is 2.41 bits per heavy atom. The highest BCUT2D eigenvalue weighted by molar-refractivity contribution is 5.67. The number of benzene rings is 2. The van der Waals surface area contributed by atoms with Crippen molar-refractivity contribution in [1.82, 2.24) is 5.32 Å². The second-order valence-electron chi connectivity index (χ2n) is 4.30. The molecular weight excluding hydrogens is 206 g/mol. The zero-order valence-corrected chi connectivity index (χ0v) is 10.5. The molecule has 0 spiro atoms. The average molecular weight is 225 g/mol. The quantitative estimate of drug-likeness (QED) is 0.835. The zero-order chi connectivity index (χ0) is 12.1. The van der Waals surface area contributed by atoms with E-state index in [2.05, 4.69) is 67.7 Å². The predicted octanol–water partition coefficient (Wildman–Crippen LogP) is 3.77. The molecule has 0 bridgehead atoms. The monoisotopic (exact) mass is 225 g/mol. The van der Waals surface area contributed by atoms with Crippen LogP contribution in [0.5, 0.6) is 0 Å². The Morgan fingerprint density at radius 1 is 1.00 bits per heavy atom. The van der Waals surface area contributed by atoms with E-state index in [1.807, 2.05) is 0 Å². The first-order valence-electron chi connectivity index (χ1n) is 6.17. The van der Waals surface area contributed by atoms with Crippen LogP contribution in [-0.2, 0) is 6.54 Å². The van der Waals surface area contributed by atoms with Gasteiger partial charge in [0.05, 0.1) is 0 Å². The summed E-state index contributed by atoms with van der Waals surface area (Å²) >= 11 is 0. The fraction of sp³-hybridized carbons (Fsp3) is 0.250. The highest BCUT2D eigenvalue weighted by Gasteiger charge is 2.02. The van der Waals surface area contributed by atoms with Gasteiger partial charge < -0.3 is 5.32 Å². The second kappa shape index (κ2) is 5.65. The summed E-state index contributed by atoms with van der Waals surface area (Å²) in [5, 5.41) is 3.35. The van der Waals surface area contributed by atoms with E-state index in [1.165, 1.54) is 22.3 Å². The van der Waals surface area contributed by atoms with E-state index >= 15 is 0 Å². The van der Waals surface area contributed by atoms with Gasteiger partial charge in [0.25, 0.3) is 0 Å². The smallest absolute Gasteiger partial charge is 0.0205 e. The maximum atomic E-state index is 3.35. The Bertz CT molecular complexity index is 474. The molecule has 2 rings (SSSR count). The molecule has 0 radical (unpaired) electrons. The summed E-state index contributed by atoms with van der Waals surface area (Å²) in [7, 11) is 0. The highest BCUT2D eigenvalue weighted by atomic mass is 14.8. The van der Waals surface area contributed by atoms with Gasteiger partial charge >= 0.3 is 0 Å². The van der Waals surface area contributed by atoms with Crippen LogP contribution in [0.3, 0.4) is 0 Å². The minimum absolute atomic E-state index is 0.951. The molecule has 0 aliphatic carbocycles. The molecule has 0 atom stereocenters.